The monoisotopic (exact) mass is 280 g/mol. The SMILES string of the molecule is CCCNC(=O)C(CN)Cc1ccc(O)c(OCC)c1. The molecule has 1 unspecified atom stereocenters. The number of hydrogen-bond donors (Lipinski definition) is 3. The molecule has 0 fully saturated rings. The average molecular weight is 280 g/mol. The molecule has 0 aliphatic heterocycles. The molecule has 0 aromatic heterocycles. The molecule has 0 spiro atoms. The highest BCUT2D eigenvalue weighted by Crippen LogP contribution is 2.27. The van der Waals surface area contributed by atoms with Crippen LogP contribution in [0.3, 0.4) is 0 Å². The Labute approximate surface area is 120 Å². The quantitative estimate of drug-likeness (QED) is 0.672. The normalized spacial score (nSPS) is 11.9. The number of phenolic OH excluding ortho intramolecular Hbond substituents is 1. The van der Waals surface area contributed by atoms with E-state index in [1.165, 1.54) is 0 Å². The van der Waals surface area contributed by atoms with Crippen LogP contribution in [0.25, 0.3) is 0 Å². The summed E-state index contributed by atoms with van der Waals surface area (Å²) < 4.78 is 5.34. The summed E-state index contributed by atoms with van der Waals surface area (Å²) >= 11 is 0. The van der Waals surface area contributed by atoms with Crippen LogP contribution in [-0.4, -0.2) is 30.7 Å². The van der Waals surface area contributed by atoms with Crippen LogP contribution < -0.4 is 15.8 Å². The lowest BCUT2D eigenvalue weighted by atomic mass is 9.98. The van der Waals surface area contributed by atoms with Crippen LogP contribution in [0.1, 0.15) is 25.8 Å². The zero-order chi connectivity index (χ0) is 15.0. The molecule has 0 aliphatic rings. The van der Waals surface area contributed by atoms with E-state index in [0.717, 1.165) is 12.0 Å². The molecule has 1 aromatic carbocycles. The van der Waals surface area contributed by atoms with Gasteiger partial charge in [0.25, 0.3) is 0 Å². The summed E-state index contributed by atoms with van der Waals surface area (Å²) in [6.07, 6.45) is 1.43. The Balaban J connectivity index is 2.74. The number of ether oxygens (including phenoxy) is 1. The van der Waals surface area contributed by atoms with Crippen LogP contribution in [0.15, 0.2) is 18.2 Å². The number of phenols is 1. The fraction of sp³-hybridized carbons (Fsp3) is 0.533. The van der Waals surface area contributed by atoms with Crippen molar-refractivity contribution in [1.82, 2.24) is 5.32 Å². The highest BCUT2D eigenvalue weighted by molar-refractivity contribution is 5.79. The number of carbonyl (C=O) groups is 1. The third-order valence-corrected chi connectivity index (χ3v) is 3.01. The zero-order valence-corrected chi connectivity index (χ0v) is 12.2. The Hall–Kier alpha value is -1.75. The summed E-state index contributed by atoms with van der Waals surface area (Å²) in [6.45, 7) is 5.29. The van der Waals surface area contributed by atoms with E-state index in [9.17, 15) is 9.90 Å². The van der Waals surface area contributed by atoms with Crippen LogP contribution >= 0.6 is 0 Å². The maximum atomic E-state index is 11.9. The maximum Gasteiger partial charge on any atom is 0.224 e. The number of hydrogen-bond acceptors (Lipinski definition) is 4. The van der Waals surface area contributed by atoms with Crippen molar-refractivity contribution in [3.63, 3.8) is 0 Å². The Kier molecular flexibility index (Phi) is 6.87. The second-order valence-electron chi connectivity index (χ2n) is 4.66. The Morgan fingerprint density at radius 2 is 2.20 bits per heavy atom. The molecule has 112 valence electrons. The number of nitrogens with two attached hydrogens (primary N) is 1. The molecule has 0 saturated heterocycles. The number of benzene rings is 1. The van der Waals surface area contributed by atoms with Gasteiger partial charge in [-0.1, -0.05) is 13.0 Å². The van der Waals surface area contributed by atoms with Gasteiger partial charge < -0.3 is 20.9 Å². The number of amides is 1. The van der Waals surface area contributed by atoms with Crippen LogP contribution in [0.5, 0.6) is 11.5 Å². The molecular weight excluding hydrogens is 256 g/mol. The first-order valence-corrected chi connectivity index (χ1v) is 7.04. The molecule has 0 heterocycles. The van der Waals surface area contributed by atoms with Crippen LogP contribution in [0.4, 0.5) is 0 Å². The second-order valence-corrected chi connectivity index (χ2v) is 4.66. The Morgan fingerprint density at radius 3 is 2.80 bits per heavy atom. The summed E-state index contributed by atoms with van der Waals surface area (Å²) in [6, 6.07) is 5.13. The van der Waals surface area contributed by atoms with Crippen molar-refractivity contribution in [2.24, 2.45) is 11.7 Å². The van der Waals surface area contributed by atoms with E-state index in [4.69, 9.17) is 10.5 Å². The standard InChI is InChI=1S/C15H24N2O3/c1-3-7-17-15(19)12(10-16)8-11-5-6-13(18)14(9-11)20-4-2/h5-6,9,12,18H,3-4,7-8,10,16H2,1-2H3,(H,17,19). The van der Waals surface area contributed by atoms with Gasteiger partial charge in [0.15, 0.2) is 11.5 Å². The minimum absolute atomic E-state index is 0.0274. The van der Waals surface area contributed by atoms with Crippen molar-refractivity contribution in [2.75, 3.05) is 19.7 Å². The summed E-state index contributed by atoms with van der Waals surface area (Å²) in [5.74, 6) is 0.256. The first-order chi connectivity index (χ1) is 9.62. The first-order valence-electron chi connectivity index (χ1n) is 7.04. The molecule has 1 atom stereocenters. The lowest BCUT2D eigenvalue weighted by Gasteiger charge is -2.15. The second kappa shape index (κ2) is 8.43. The topological polar surface area (TPSA) is 84.6 Å². The van der Waals surface area contributed by atoms with Crippen LogP contribution in [-0.2, 0) is 11.2 Å². The van der Waals surface area contributed by atoms with E-state index in [1.807, 2.05) is 13.8 Å². The summed E-state index contributed by atoms with van der Waals surface area (Å²) in [7, 11) is 0. The van der Waals surface area contributed by atoms with Gasteiger partial charge in [0.2, 0.25) is 5.91 Å². The van der Waals surface area contributed by atoms with Gasteiger partial charge in [-0.05, 0) is 37.5 Å². The van der Waals surface area contributed by atoms with Crippen molar-refractivity contribution in [3.8, 4) is 11.5 Å². The van der Waals surface area contributed by atoms with Crippen molar-refractivity contribution in [3.05, 3.63) is 23.8 Å². The molecule has 0 radical (unpaired) electrons. The maximum absolute atomic E-state index is 11.9. The predicted molar refractivity (Wildman–Crippen MR) is 78.8 cm³/mol. The number of aromatic hydroxyl groups is 1. The average Bonchev–Trinajstić information content (AvgIpc) is 2.45. The Bertz CT molecular complexity index is 435. The lowest BCUT2D eigenvalue weighted by molar-refractivity contribution is -0.124. The summed E-state index contributed by atoms with van der Waals surface area (Å²) in [4.78, 5) is 11.9. The molecular formula is C15H24N2O3. The minimum Gasteiger partial charge on any atom is -0.504 e. The van der Waals surface area contributed by atoms with E-state index in [2.05, 4.69) is 5.32 Å². The number of rotatable bonds is 8. The van der Waals surface area contributed by atoms with E-state index in [-0.39, 0.29) is 17.6 Å². The zero-order valence-electron chi connectivity index (χ0n) is 12.2. The molecule has 4 N–H and O–H groups in total. The van der Waals surface area contributed by atoms with Crippen LogP contribution in [0.2, 0.25) is 0 Å². The molecule has 20 heavy (non-hydrogen) atoms. The van der Waals surface area contributed by atoms with Gasteiger partial charge in [0, 0.05) is 13.1 Å². The van der Waals surface area contributed by atoms with Crippen molar-refractivity contribution in [1.29, 1.82) is 0 Å². The van der Waals surface area contributed by atoms with Crippen molar-refractivity contribution < 1.29 is 14.6 Å². The highest BCUT2D eigenvalue weighted by atomic mass is 16.5. The summed E-state index contributed by atoms with van der Waals surface area (Å²) in [5, 5.41) is 12.5. The lowest BCUT2D eigenvalue weighted by Crippen LogP contribution is -2.36. The van der Waals surface area contributed by atoms with Gasteiger partial charge in [0.1, 0.15) is 0 Å². The van der Waals surface area contributed by atoms with Crippen molar-refractivity contribution >= 4 is 5.91 Å². The van der Waals surface area contributed by atoms with E-state index in [0.29, 0.717) is 31.9 Å². The van der Waals surface area contributed by atoms with E-state index >= 15 is 0 Å². The van der Waals surface area contributed by atoms with E-state index in [1.54, 1.807) is 18.2 Å². The number of carbonyl (C=O) groups excluding carboxylic acids is 1. The Morgan fingerprint density at radius 1 is 1.45 bits per heavy atom. The largest absolute Gasteiger partial charge is 0.504 e. The van der Waals surface area contributed by atoms with Crippen molar-refractivity contribution in [2.45, 2.75) is 26.7 Å². The fourth-order valence-electron chi connectivity index (χ4n) is 1.92. The number of nitrogens with one attached hydrogen (secondary N) is 1. The summed E-state index contributed by atoms with van der Waals surface area (Å²) in [5.41, 5.74) is 6.60. The molecule has 1 rings (SSSR count). The van der Waals surface area contributed by atoms with Gasteiger partial charge in [-0.2, -0.15) is 0 Å². The predicted octanol–water partition coefficient (Wildman–Crippen LogP) is 1.43. The fourth-order valence-corrected chi connectivity index (χ4v) is 1.92. The van der Waals surface area contributed by atoms with Gasteiger partial charge in [-0.15, -0.1) is 0 Å². The third-order valence-electron chi connectivity index (χ3n) is 3.01. The first kappa shape index (κ1) is 16.3. The molecule has 1 amide bonds. The molecule has 5 nitrogen and oxygen atoms in total. The third kappa shape index (κ3) is 4.74. The van der Waals surface area contributed by atoms with Crippen LogP contribution in [0, 0.1) is 5.92 Å². The van der Waals surface area contributed by atoms with Gasteiger partial charge in [-0.25, -0.2) is 0 Å². The molecule has 0 saturated carbocycles. The minimum atomic E-state index is -0.263. The van der Waals surface area contributed by atoms with Gasteiger partial charge >= 0.3 is 0 Å². The molecule has 0 aliphatic carbocycles. The smallest absolute Gasteiger partial charge is 0.224 e. The van der Waals surface area contributed by atoms with Gasteiger partial charge in [-0.3, -0.25) is 4.79 Å². The molecule has 1 aromatic rings. The highest BCUT2D eigenvalue weighted by Gasteiger charge is 2.17. The van der Waals surface area contributed by atoms with Gasteiger partial charge in [0.05, 0.1) is 12.5 Å². The molecule has 0 bridgehead atoms. The molecule has 5 heteroatoms. The van der Waals surface area contributed by atoms with E-state index < -0.39 is 0 Å².